The molecule has 1 fully saturated rings. The molecule has 2 aromatic rings. The molecule has 1 atom stereocenters. The number of likely N-dealkylation sites (tertiary alicyclic amines) is 1. The summed E-state index contributed by atoms with van der Waals surface area (Å²) in [7, 11) is 1.89. The predicted octanol–water partition coefficient (Wildman–Crippen LogP) is 1.63. The van der Waals surface area contributed by atoms with Crippen LogP contribution in [-0.2, 0) is 11.8 Å². The van der Waals surface area contributed by atoms with Crippen molar-refractivity contribution in [3.8, 4) is 17.1 Å². The van der Waals surface area contributed by atoms with Gasteiger partial charge in [-0.2, -0.15) is 10.1 Å². The summed E-state index contributed by atoms with van der Waals surface area (Å²) in [5.74, 6) is 0.394. The summed E-state index contributed by atoms with van der Waals surface area (Å²) in [6.45, 7) is 5.30. The molecule has 4 rings (SSSR count). The maximum Gasteiger partial charge on any atom is 0.223 e. The molecule has 0 aliphatic carbocycles. The maximum atomic E-state index is 11.8. The number of dihydropyridines is 1. The van der Waals surface area contributed by atoms with E-state index < -0.39 is 0 Å². The van der Waals surface area contributed by atoms with Gasteiger partial charge in [0.25, 0.3) is 0 Å². The molecule has 0 bridgehead atoms. The molecular weight excluding hydrogens is 394 g/mol. The number of nitrogens with two attached hydrogens (primary N) is 1. The largest absolute Gasteiger partial charge is 0.472 e. The van der Waals surface area contributed by atoms with Crippen LogP contribution in [0.15, 0.2) is 21.8 Å². The number of aryl methyl sites for hydroxylation is 2. The fourth-order valence-corrected chi connectivity index (χ4v) is 3.92. The maximum absolute atomic E-state index is 11.8. The molecule has 0 spiro atoms. The van der Waals surface area contributed by atoms with E-state index in [-0.39, 0.29) is 29.4 Å². The Morgan fingerprint density at radius 3 is 2.83 bits per heavy atom. The topological polar surface area (TPSA) is 112 Å². The average Bonchev–Trinajstić information content (AvgIpc) is 3.21. The molecule has 152 valence electrons. The number of aromatic nitrogens is 4. The van der Waals surface area contributed by atoms with Crippen molar-refractivity contribution >= 4 is 29.5 Å². The minimum Gasteiger partial charge on any atom is -0.472 e. The number of aliphatic imine (C=N–C) groups is 1. The number of Topliss-reactive ketones (excluding diaryl/α,β-unsaturated/α-hetero) is 1. The number of hydrogen-bond donors (Lipinski definition) is 1. The molecule has 2 aliphatic heterocycles. The SMILES string of the molecule is Cc1nn(C)c(C)c1-c1cc(O[C@@H]2CCN(C3=C(Cl)C(=O)CN=C3)C2)nc(N)n1. The first-order chi connectivity index (χ1) is 13.8. The van der Waals surface area contributed by atoms with Crippen LogP contribution < -0.4 is 10.5 Å². The number of allylic oxidation sites excluding steroid dienone is 1. The monoisotopic (exact) mass is 415 g/mol. The van der Waals surface area contributed by atoms with E-state index in [1.807, 2.05) is 30.5 Å². The van der Waals surface area contributed by atoms with Gasteiger partial charge in [0.2, 0.25) is 11.8 Å². The summed E-state index contributed by atoms with van der Waals surface area (Å²) in [5, 5.41) is 4.67. The quantitative estimate of drug-likeness (QED) is 0.807. The number of carbonyl (C=O) groups excluding carboxylic acids is 1. The second kappa shape index (κ2) is 7.47. The van der Waals surface area contributed by atoms with Crippen LogP contribution in [0.25, 0.3) is 11.3 Å². The molecule has 2 aliphatic rings. The van der Waals surface area contributed by atoms with Crippen LogP contribution in [0.3, 0.4) is 0 Å². The molecular formula is C19H22ClN7O2. The van der Waals surface area contributed by atoms with Gasteiger partial charge in [-0.05, 0) is 13.8 Å². The number of hydrogen-bond acceptors (Lipinski definition) is 8. The van der Waals surface area contributed by atoms with Crippen LogP contribution in [0.2, 0.25) is 0 Å². The van der Waals surface area contributed by atoms with E-state index >= 15 is 0 Å². The van der Waals surface area contributed by atoms with E-state index in [0.29, 0.717) is 30.4 Å². The van der Waals surface area contributed by atoms with Gasteiger partial charge in [0.05, 0.1) is 23.6 Å². The van der Waals surface area contributed by atoms with Gasteiger partial charge < -0.3 is 15.4 Å². The van der Waals surface area contributed by atoms with Crippen LogP contribution in [0, 0.1) is 13.8 Å². The van der Waals surface area contributed by atoms with Crippen molar-refractivity contribution in [3.63, 3.8) is 0 Å². The number of halogens is 1. The number of ether oxygens (including phenoxy) is 1. The van der Waals surface area contributed by atoms with Crippen molar-refractivity contribution in [2.45, 2.75) is 26.4 Å². The average molecular weight is 416 g/mol. The van der Waals surface area contributed by atoms with Gasteiger partial charge in [-0.3, -0.25) is 14.5 Å². The Morgan fingerprint density at radius 2 is 2.10 bits per heavy atom. The van der Waals surface area contributed by atoms with Gasteiger partial charge in [-0.1, -0.05) is 11.6 Å². The van der Waals surface area contributed by atoms with Crippen molar-refractivity contribution < 1.29 is 9.53 Å². The summed E-state index contributed by atoms with van der Waals surface area (Å²) < 4.78 is 7.90. The zero-order chi connectivity index (χ0) is 20.7. The van der Waals surface area contributed by atoms with E-state index in [4.69, 9.17) is 22.1 Å². The Kier molecular flexibility index (Phi) is 4.99. The standard InChI is InChI=1S/C19H22ClN7O2/c1-10-17(11(2)26(3)25-10)13-6-16(24-19(21)23-13)29-12-4-5-27(9-12)14-7-22-8-15(28)18(14)20/h6-7,12H,4-5,8-9H2,1-3H3,(H2,21,23,24)/t12-/m1/s1. The highest BCUT2D eigenvalue weighted by atomic mass is 35.5. The first-order valence-electron chi connectivity index (χ1n) is 9.33. The zero-order valence-corrected chi connectivity index (χ0v) is 17.3. The van der Waals surface area contributed by atoms with Crippen molar-refractivity contribution in [2.75, 3.05) is 25.4 Å². The molecule has 2 aromatic heterocycles. The summed E-state index contributed by atoms with van der Waals surface area (Å²) >= 11 is 6.17. The Bertz CT molecular complexity index is 1040. The molecule has 0 unspecified atom stereocenters. The van der Waals surface area contributed by atoms with Crippen molar-refractivity contribution in [1.29, 1.82) is 0 Å². The molecule has 0 saturated carbocycles. The molecule has 9 nitrogen and oxygen atoms in total. The fourth-order valence-electron chi connectivity index (χ4n) is 3.69. The third-order valence-corrected chi connectivity index (χ3v) is 5.58. The van der Waals surface area contributed by atoms with E-state index in [1.54, 1.807) is 12.3 Å². The van der Waals surface area contributed by atoms with Crippen LogP contribution in [0.5, 0.6) is 5.88 Å². The molecule has 0 amide bonds. The number of nitrogen functional groups attached to an aromatic ring is 1. The lowest BCUT2D eigenvalue weighted by Crippen LogP contribution is -2.28. The summed E-state index contributed by atoms with van der Waals surface area (Å²) in [6, 6.07) is 1.79. The number of rotatable bonds is 4. The first kappa shape index (κ1) is 19.4. The molecule has 1 saturated heterocycles. The highest BCUT2D eigenvalue weighted by Gasteiger charge is 2.29. The summed E-state index contributed by atoms with van der Waals surface area (Å²) in [4.78, 5) is 26.5. The predicted molar refractivity (Wildman–Crippen MR) is 110 cm³/mol. The molecule has 4 heterocycles. The first-order valence-corrected chi connectivity index (χ1v) is 9.70. The van der Waals surface area contributed by atoms with E-state index in [0.717, 1.165) is 23.4 Å². The fraction of sp³-hybridized carbons (Fsp3) is 0.421. The van der Waals surface area contributed by atoms with Gasteiger partial charge in [0.15, 0.2) is 5.78 Å². The van der Waals surface area contributed by atoms with E-state index in [2.05, 4.69) is 20.1 Å². The van der Waals surface area contributed by atoms with Crippen LogP contribution in [0.4, 0.5) is 5.95 Å². The van der Waals surface area contributed by atoms with Gasteiger partial charge in [-0.15, -0.1) is 0 Å². The third kappa shape index (κ3) is 3.69. The van der Waals surface area contributed by atoms with E-state index in [1.165, 1.54) is 0 Å². The van der Waals surface area contributed by atoms with Crippen LogP contribution in [-0.4, -0.2) is 62.4 Å². The molecule has 29 heavy (non-hydrogen) atoms. The van der Waals surface area contributed by atoms with Gasteiger partial charge in [-0.25, -0.2) is 4.98 Å². The summed E-state index contributed by atoms with van der Waals surface area (Å²) in [6.07, 6.45) is 2.30. The Hall–Kier alpha value is -2.94. The lowest BCUT2D eigenvalue weighted by Gasteiger charge is -2.22. The molecule has 10 heteroatoms. The minimum absolute atomic E-state index is 0.103. The molecule has 0 aromatic carbocycles. The highest BCUT2D eigenvalue weighted by molar-refractivity contribution is 6.44. The minimum atomic E-state index is -0.163. The highest BCUT2D eigenvalue weighted by Crippen LogP contribution is 2.29. The van der Waals surface area contributed by atoms with Crippen LogP contribution >= 0.6 is 11.6 Å². The normalized spacial score (nSPS) is 19.4. The number of ketones is 1. The van der Waals surface area contributed by atoms with Crippen molar-refractivity contribution in [1.82, 2.24) is 24.6 Å². The number of nitrogens with zero attached hydrogens (tertiary/aromatic N) is 6. The Morgan fingerprint density at radius 1 is 1.31 bits per heavy atom. The number of anilines is 1. The molecule has 2 N–H and O–H groups in total. The second-order valence-electron chi connectivity index (χ2n) is 7.19. The second-order valence-corrected chi connectivity index (χ2v) is 7.56. The number of carbonyl (C=O) groups is 1. The van der Waals surface area contributed by atoms with Crippen LogP contribution in [0.1, 0.15) is 17.8 Å². The smallest absolute Gasteiger partial charge is 0.223 e. The van der Waals surface area contributed by atoms with Crippen molar-refractivity contribution in [2.24, 2.45) is 12.0 Å². The van der Waals surface area contributed by atoms with Crippen molar-refractivity contribution in [3.05, 3.63) is 28.2 Å². The Balaban J connectivity index is 1.54. The van der Waals surface area contributed by atoms with Gasteiger partial charge in [0.1, 0.15) is 17.7 Å². The third-order valence-electron chi connectivity index (χ3n) is 5.18. The van der Waals surface area contributed by atoms with Gasteiger partial charge >= 0.3 is 0 Å². The summed E-state index contributed by atoms with van der Waals surface area (Å²) in [5.41, 5.74) is 10.0. The molecule has 0 radical (unpaired) electrons. The van der Waals surface area contributed by atoms with Gasteiger partial charge in [0, 0.05) is 43.6 Å². The lowest BCUT2D eigenvalue weighted by molar-refractivity contribution is -0.113. The zero-order valence-electron chi connectivity index (χ0n) is 16.5. The lowest BCUT2D eigenvalue weighted by atomic mass is 10.1. The van der Waals surface area contributed by atoms with E-state index in [9.17, 15) is 4.79 Å². The Labute approximate surface area is 173 Å².